The van der Waals surface area contributed by atoms with Crippen LogP contribution < -0.4 is 10.2 Å². The van der Waals surface area contributed by atoms with E-state index in [0.29, 0.717) is 0 Å². The third-order valence-electron chi connectivity index (χ3n) is 5.05. The molecule has 0 spiro atoms. The Morgan fingerprint density at radius 2 is 1.81 bits per heavy atom. The van der Waals surface area contributed by atoms with Gasteiger partial charge in [-0.3, -0.25) is 4.79 Å². The van der Waals surface area contributed by atoms with Crippen molar-refractivity contribution < 1.29 is 4.79 Å². The fourth-order valence-corrected chi connectivity index (χ4v) is 4.65. The van der Waals surface area contributed by atoms with Crippen LogP contribution in [-0.4, -0.2) is 25.0 Å². The molecule has 4 nitrogen and oxygen atoms in total. The summed E-state index contributed by atoms with van der Waals surface area (Å²) in [7, 11) is 4.01. The molecule has 0 saturated heterocycles. The van der Waals surface area contributed by atoms with Gasteiger partial charge in [-0.05, 0) is 49.2 Å². The fourth-order valence-electron chi connectivity index (χ4n) is 3.50. The minimum Gasteiger partial charge on any atom is -0.378 e. The van der Waals surface area contributed by atoms with Crippen LogP contribution in [0.25, 0.3) is 10.2 Å². The summed E-state index contributed by atoms with van der Waals surface area (Å²) in [6, 6.07) is 16.1. The second-order valence-electron chi connectivity index (χ2n) is 7.11. The number of fused-ring (bicyclic) bond motifs is 1. The SMILES string of the molecule is CN(C)c1ccc(NC(=O)C2CC=CCC2c2nc3ccccc3s2)cc1. The Bertz CT molecular complexity index is 942. The van der Waals surface area contributed by atoms with Gasteiger partial charge < -0.3 is 10.2 Å². The van der Waals surface area contributed by atoms with E-state index in [1.165, 1.54) is 4.70 Å². The highest BCUT2D eigenvalue weighted by molar-refractivity contribution is 7.18. The van der Waals surface area contributed by atoms with Crippen molar-refractivity contribution in [1.82, 2.24) is 4.98 Å². The molecular weight excluding hydrogens is 354 g/mol. The Hall–Kier alpha value is -2.66. The molecule has 0 radical (unpaired) electrons. The zero-order valence-electron chi connectivity index (χ0n) is 15.6. The number of allylic oxidation sites excluding steroid dienone is 2. The highest BCUT2D eigenvalue weighted by atomic mass is 32.1. The quantitative estimate of drug-likeness (QED) is 0.647. The van der Waals surface area contributed by atoms with Crippen molar-refractivity contribution in [2.24, 2.45) is 5.92 Å². The summed E-state index contributed by atoms with van der Waals surface area (Å²) < 4.78 is 1.18. The van der Waals surface area contributed by atoms with Gasteiger partial charge in [-0.15, -0.1) is 11.3 Å². The standard InChI is InChI=1S/C22H23N3OS/c1-25(2)16-13-11-15(12-14-16)23-21(26)17-7-3-4-8-18(17)22-24-19-9-5-6-10-20(19)27-22/h3-6,9-14,17-18H,7-8H2,1-2H3,(H,23,26). The molecule has 0 saturated carbocycles. The molecule has 0 fully saturated rings. The first kappa shape index (κ1) is 17.7. The Kier molecular flexibility index (Phi) is 4.94. The lowest BCUT2D eigenvalue weighted by Gasteiger charge is -2.26. The first-order valence-corrected chi connectivity index (χ1v) is 10.0. The molecule has 0 aliphatic heterocycles. The molecule has 4 rings (SSSR count). The van der Waals surface area contributed by atoms with Crippen molar-refractivity contribution in [2.45, 2.75) is 18.8 Å². The smallest absolute Gasteiger partial charge is 0.228 e. The van der Waals surface area contributed by atoms with Gasteiger partial charge in [0.1, 0.15) is 0 Å². The largest absolute Gasteiger partial charge is 0.378 e. The van der Waals surface area contributed by atoms with Crippen LogP contribution in [0.2, 0.25) is 0 Å². The molecule has 1 aliphatic rings. The maximum Gasteiger partial charge on any atom is 0.228 e. The molecule has 1 N–H and O–H groups in total. The van der Waals surface area contributed by atoms with E-state index in [1.54, 1.807) is 11.3 Å². The van der Waals surface area contributed by atoms with E-state index in [2.05, 4.69) is 23.5 Å². The van der Waals surface area contributed by atoms with E-state index in [4.69, 9.17) is 4.98 Å². The van der Waals surface area contributed by atoms with Crippen molar-refractivity contribution in [2.75, 3.05) is 24.3 Å². The summed E-state index contributed by atoms with van der Waals surface area (Å²) >= 11 is 1.71. The molecule has 138 valence electrons. The predicted molar refractivity (Wildman–Crippen MR) is 114 cm³/mol. The molecule has 1 aromatic heterocycles. The number of nitrogens with zero attached hydrogens (tertiary/aromatic N) is 2. The maximum absolute atomic E-state index is 13.0. The molecule has 27 heavy (non-hydrogen) atoms. The number of para-hydroxylation sites is 1. The highest BCUT2D eigenvalue weighted by Gasteiger charge is 2.32. The number of carbonyl (C=O) groups excluding carboxylic acids is 1. The summed E-state index contributed by atoms with van der Waals surface area (Å²) in [5, 5.41) is 4.16. The second-order valence-corrected chi connectivity index (χ2v) is 8.17. The normalized spacial score (nSPS) is 19.2. The Morgan fingerprint density at radius 3 is 2.56 bits per heavy atom. The molecule has 1 heterocycles. The fraction of sp³-hybridized carbons (Fsp3) is 0.273. The number of carbonyl (C=O) groups is 1. The summed E-state index contributed by atoms with van der Waals surface area (Å²) in [5.74, 6) is 0.110. The van der Waals surface area contributed by atoms with E-state index < -0.39 is 0 Å². The van der Waals surface area contributed by atoms with Crippen LogP contribution in [0.1, 0.15) is 23.8 Å². The second kappa shape index (κ2) is 7.53. The van der Waals surface area contributed by atoms with Crippen molar-refractivity contribution in [3.63, 3.8) is 0 Å². The van der Waals surface area contributed by atoms with Gasteiger partial charge in [-0.1, -0.05) is 24.3 Å². The van der Waals surface area contributed by atoms with Gasteiger partial charge >= 0.3 is 0 Å². The van der Waals surface area contributed by atoms with E-state index in [-0.39, 0.29) is 17.7 Å². The highest BCUT2D eigenvalue weighted by Crippen LogP contribution is 2.39. The van der Waals surface area contributed by atoms with Crippen LogP contribution in [-0.2, 0) is 4.79 Å². The Balaban J connectivity index is 1.54. The summed E-state index contributed by atoms with van der Waals surface area (Å²) in [4.78, 5) is 19.9. The van der Waals surface area contributed by atoms with Gasteiger partial charge in [0, 0.05) is 31.4 Å². The number of benzene rings is 2. The van der Waals surface area contributed by atoms with E-state index >= 15 is 0 Å². The lowest BCUT2D eigenvalue weighted by molar-refractivity contribution is -0.120. The molecule has 1 aliphatic carbocycles. The van der Waals surface area contributed by atoms with Crippen molar-refractivity contribution in [1.29, 1.82) is 0 Å². The number of rotatable bonds is 4. The molecule has 0 bridgehead atoms. The molecule has 2 aromatic carbocycles. The molecule has 5 heteroatoms. The van der Waals surface area contributed by atoms with Crippen LogP contribution in [0.5, 0.6) is 0 Å². The topological polar surface area (TPSA) is 45.2 Å². The molecule has 2 atom stereocenters. The van der Waals surface area contributed by atoms with Crippen LogP contribution in [0.4, 0.5) is 11.4 Å². The number of anilines is 2. The average molecular weight is 378 g/mol. The molecule has 2 unspecified atom stereocenters. The number of nitrogens with one attached hydrogen (secondary N) is 1. The molecule has 1 amide bonds. The van der Waals surface area contributed by atoms with Gasteiger partial charge in [0.05, 0.1) is 21.1 Å². The number of thiazole rings is 1. The Labute approximate surface area is 163 Å². The van der Waals surface area contributed by atoms with Gasteiger partial charge in [0.15, 0.2) is 0 Å². The van der Waals surface area contributed by atoms with E-state index in [0.717, 1.165) is 34.7 Å². The average Bonchev–Trinajstić information content (AvgIpc) is 3.12. The zero-order chi connectivity index (χ0) is 18.8. The lowest BCUT2D eigenvalue weighted by Crippen LogP contribution is -2.29. The third-order valence-corrected chi connectivity index (χ3v) is 6.22. The number of amides is 1. The summed E-state index contributed by atoms with van der Waals surface area (Å²) in [5.41, 5.74) is 2.97. The zero-order valence-corrected chi connectivity index (χ0v) is 16.4. The molecular formula is C22H23N3OS. The maximum atomic E-state index is 13.0. The van der Waals surface area contributed by atoms with Crippen LogP contribution >= 0.6 is 11.3 Å². The predicted octanol–water partition coefficient (Wildman–Crippen LogP) is 5.05. The first-order chi connectivity index (χ1) is 13.1. The van der Waals surface area contributed by atoms with Gasteiger partial charge in [0.25, 0.3) is 0 Å². The number of hydrogen-bond donors (Lipinski definition) is 1. The minimum absolute atomic E-state index is 0.0706. The van der Waals surface area contributed by atoms with E-state index in [1.807, 2.05) is 61.5 Å². The van der Waals surface area contributed by atoms with Crippen LogP contribution in [0, 0.1) is 5.92 Å². The number of aromatic nitrogens is 1. The first-order valence-electron chi connectivity index (χ1n) is 9.20. The Morgan fingerprint density at radius 1 is 1.07 bits per heavy atom. The summed E-state index contributed by atoms with van der Waals surface area (Å²) in [6.07, 6.45) is 5.90. The van der Waals surface area contributed by atoms with Crippen LogP contribution in [0.3, 0.4) is 0 Å². The summed E-state index contributed by atoms with van der Waals surface area (Å²) in [6.45, 7) is 0. The van der Waals surface area contributed by atoms with Gasteiger partial charge in [-0.2, -0.15) is 0 Å². The van der Waals surface area contributed by atoms with Gasteiger partial charge in [0.2, 0.25) is 5.91 Å². The minimum atomic E-state index is -0.0934. The van der Waals surface area contributed by atoms with Crippen molar-refractivity contribution in [3.05, 3.63) is 65.7 Å². The van der Waals surface area contributed by atoms with E-state index in [9.17, 15) is 4.79 Å². The lowest BCUT2D eigenvalue weighted by atomic mass is 9.82. The van der Waals surface area contributed by atoms with Gasteiger partial charge in [-0.25, -0.2) is 4.98 Å². The van der Waals surface area contributed by atoms with Crippen molar-refractivity contribution in [3.8, 4) is 0 Å². The third kappa shape index (κ3) is 3.74. The monoisotopic (exact) mass is 377 g/mol. The van der Waals surface area contributed by atoms with Crippen LogP contribution in [0.15, 0.2) is 60.7 Å². The molecule has 3 aromatic rings. The van der Waals surface area contributed by atoms with Crippen molar-refractivity contribution >= 4 is 38.8 Å². The number of hydrogen-bond acceptors (Lipinski definition) is 4.